The third-order valence-electron chi connectivity index (χ3n) is 2.78. The number of carbonyl (C=O) groups excluding carboxylic acids is 2. The number of amides is 1. The minimum Gasteiger partial charge on any atom is -0.461 e. The lowest BCUT2D eigenvalue weighted by molar-refractivity contribution is -0.119. The molecule has 0 bridgehead atoms. The van der Waals surface area contributed by atoms with Gasteiger partial charge in [-0.1, -0.05) is 13.8 Å². The predicted octanol–water partition coefficient (Wildman–Crippen LogP) is -0.434. The fraction of sp³-hybridized carbons (Fsp3) is 0.545. The van der Waals surface area contributed by atoms with Crippen LogP contribution in [-0.2, 0) is 14.9 Å². The molecule has 0 spiro atoms. The number of rotatable bonds is 2. The zero-order valence-corrected chi connectivity index (χ0v) is 10.9. The van der Waals surface area contributed by atoms with Crippen molar-refractivity contribution in [1.29, 1.82) is 0 Å². The molecular weight excluding hydrogens is 252 g/mol. The topological polar surface area (TPSA) is 103 Å². The Bertz CT molecular complexity index is 605. The molecule has 1 aromatic rings. The van der Waals surface area contributed by atoms with Crippen molar-refractivity contribution in [2.24, 2.45) is 0 Å². The first-order valence-corrected chi connectivity index (χ1v) is 5.84. The van der Waals surface area contributed by atoms with Crippen molar-refractivity contribution in [3.8, 4) is 0 Å². The number of nitrogens with zero attached hydrogens (tertiary/aromatic N) is 3. The lowest BCUT2D eigenvalue weighted by atomic mass is 9.87. The molecule has 8 nitrogen and oxygen atoms in total. The molecule has 2 heterocycles. The fourth-order valence-corrected chi connectivity index (χ4v) is 1.90. The molecule has 1 amide bonds. The second-order valence-corrected chi connectivity index (χ2v) is 4.83. The van der Waals surface area contributed by atoms with Gasteiger partial charge < -0.3 is 4.74 Å². The van der Waals surface area contributed by atoms with Gasteiger partial charge in [0.2, 0.25) is 11.6 Å². The molecule has 19 heavy (non-hydrogen) atoms. The van der Waals surface area contributed by atoms with Crippen molar-refractivity contribution in [2.75, 3.05) is 12.0 Å². The zero-order chi connectivity index (χ0) is 14.2. The summed E-state index contributed by atoms with van der Waals surface area (Å²) in [5, 5.41) is 7.49. The Morgan fingerprint density at radius 2 is 2.11 bits per heavy atom. The van der Waals surface area contributed by atoms with E-state index in [0.29, 0.717) is 5.82 Å². The molecule has 0 saturated heterocycles. The fourth-order valence-electron chi connectivity index (χ4n) is 1.90. The molecule has 1 N–H and O–H groups in total. The Balaban J connectivity index is 2.57. The first kappa shape index (κ1) is 13.2. The Morgan fingerprint density at radius 3 is 2.74 bits per heavy atom. The monoisotopic (exact) mass is 266 g/mol. The molecular formula is C11H14N4O4. The van der Waals surface area contributed by atoms with Crippen molar-refractivity contribution >= 4 is 11.9 Å². The van der Waals surface area contributed by atoms with Gasteiger partial charge in [-0.3, -0.25) is 15.0 Å². The summed E-state index contributed by atoms with van der Waals surface area (Å²) >= 11 is 0. The molecule has 1 aromatic heterocycles. The highest BCUT2D eigenvalue weighted by Crippen LogP contribution is 2.26. The minimum absolute atomic E-state index is 0.125. The molecule has 1 aliphatic heterocycles. The van der Waals surface area contributed by atoms with E-state index in [4.69, 9.17) is 4.74 Å². The van der Waals surface area contributed by atoms with Crippen molar-refractivity contribution in [1.82, 2.24) is 14.9 Å². The summed E-state index contributed by atoms with van der Waals surface area (Å²) in [6.45, 7) is 5.29. The largest absolute Gasteiger partial charge is 0.461 e. The SMILES string of the molecule is CCOC(=O)c1nnc2n(c1=O)NC(=O)CC2(C)C. The highest BCUT2D eigenvalue weighted by Gasteiger charge is 2.36. The average Bonchev–Trinajstić information content (AvgIpc) is 2.29. The van der Waals surface area contributed by atoms with Gasteiger partial charge in [0.15, 0.2) is 5.82 Å². The van der Waals surface area contributed by atoms with Crippen LogP contribution >= 0.6 is 0 Å². The highest BCUT2D eigenvalue weighted by molar-refractivity contribution is 5.88. The number of ether oxygens (including phenoxy) is 1. The van der Waals surface area contributed by atoms with Crippen molar-refractivity contribution < 1.29 is 14.3 Å². The van der Waals surface area contributed by atoms with E-state index < -0.39 is 22.6 Å². The van der Waals surface area contributed by atoms with Crippen LogP contribution in [0.2, 0.25) is 0 Å². The maximum Gasteiger partial charge on any atom is 0.364 e. The molecule has 0 atom stereocenters. The van der Waals surface area contributed by atoms with Gasteiger partial charge in [0.1, 0.15) is 0 Å². The molecule has 0 aliphatic carbocycles. The second-order valence-electron chi connectivity index (χ2n) is 4.83. The van der Waals surface area contributed by atoms with Gasteiger partial charge in [-0.15, -0.1) is 10.2 Å². The molecule has 0 fully saturated rings. The maximum atomic E-state index is 12.1. The zero-order valence-electron chi connectivity index (χ0n) is 10.9. The predicted molar refractivity (Wildman–Crippen MR) is 64.3 cm³/mol. The summed E-state index contributed by atoms with van der Waals surface area (Å²) < 4.78 is 5.67. The number of carbonyl (C=O) groups is 2. The van der Waals surface area contributed by atoms with E-state index >= 15 is 0 Å². The highest BCUT2D eigenvalue weighted by atomic mass is 16.5. The molecule has 0 aromatic carbocycles. The van der Waals surface area contributed by atoms with Crippen LogP contribution in [0.3, 0.4) is 0 Å². The Hall–Kier alpha value is -2.25. The number of hydrogen-bond donors (Lipinski definition) is 1. The Morgan fingerprint density at radius 1 is 1.42 bits per heavy atom. The van der Waals surface area contributed by atoms with E-state index in [1.807, 2.05) is 0 Å². The molecule has 2 rings (SSSR count). The summed E-state index contributed by atoms with van der Waals surface area (Å²) in [6, 6.07) is 0. The number of hydrogen-bond acceptors (Lipinski definition) is 6. The van der Waals surface area contributed by atoms with Crippen LogP contribution < -0.4 is 11.0 Å². The Labute approximate surface area is 108 Å². The van der Waals surface area contributed by atoms with E-state index in [9.17, 15) is 14.4 Å². The van der Waals surface area contributed by atoms with Crippen LogP contribution in [-0.4, -0.2) is 33.4 Å². The van der Waals surface area contributed by atoms with Gasteiger partial charge in [-0.05, 0) is 6.92 Å². The lowest BCUT2D eigenvalue weighted by Crippen LogP contribution is -2.49. The standard InChI is InChI=1S/C11H14N4O4/c1-4-19-9(18)7-8(17)15-10(13-12-7)11(2,3)5-6(16)14-15/h4-5H2,1-3H3,(H,14,16). The van der Waals surface area contributed by atoms with Crippen LogP contribution in [0.15, 0.2) is 4.79 Å². The van der Waals surface area contributed by atoms with E-state index in [-0.39, 0.29) is 18.9 Å². The van der Waals surface area contributed by atoms with Crippen LogP contribution in [0.1, 0.15) is 43.5 Å². The van der Waals surface area contributed by atoms with Crippen molar-refractivity contribution in [2.45, 2.75) is 32.6 Å². The van der Waals surface area contributed by atoms with Gasteiger partial charge in [0.05, 0.1) is 6.61 Å². The molecule has 102 valence electrons. The lowest BCUT2D eigenvalue weighted by Gasteiger charge is -2.30. The van der Waals surface area contributed by atoms with Crippen molar-refractivity contribution in [3.63, 3.8) is 0 Å². The quantitative estimate of drug-likeness (QED) is 0.728. The number of nitrogens with one attached hydrogen (secondary N) is 1. The summed E-state index contributed by atoms with van der Waals surface area (Å²) in [7, 11) is 0. The minimum atomic E-state index is -0.854. The number of esters is 1. The first-order chi connectivity index (χ1) is 8.86. The van der Waals surface area contributed by atoms with E-state index in [1.165, 1.54) is 0 Å². The van der Waals surface area contributed by atoms with E-state index in [1.54, 1.807) is 20.8 Å². The van der Waals surface area contributed by atoms with E-state index in [2.05, 4.69) is 15.6 Å². The van der Waals surface area contributed by atoms with Crippen LogP contribution in [0.4, 0.5) is 0 Å². The molecule has 0 radical (unpaired) electrons. The molecule has 0 unspecified atom stereocenters. The van der Waals surface area contributed by atoms with Gasteiger partial charge >= 0.3 is 11.5 Å². The van der Waals surface area contributed by atoms with Crippen LogP contribution in [0.5, 0.6) is 0 Å². The Kier molecular flexibility index (Phi) is 3.09. The first-order valence-electron chi connectivity index (χ1n) is 5.84. The van der Waals surface area contributed by atoms with Crippen LogP contribution in [0.25, 0.3) is 0 Å². The smallest absolute Gasteiger partial charge is 0.364 e. The summed E-state index contributed by atoms with van der Waals surface area (Å²) in [5.74, 6) is -0.861. The number of fused-ring (bicyclic) bond motifs is 1. The summed E-state index contributed by atoms with van der Waals surface area (Å²) in [5.41, 5.74) is 0.580. The molecule has 1 aliphatic rings. The van der Waals surface area contributed by atoms with Gasteiger partial charge in [-0.2, -0.15) is 4.68 Å². The summed E-state index contributed by atoms with van der Waals surface area (Å²) in [6.07, 6.45) is 0.194. The number of aromatic nitrogens is 3. The molecule has 8 heteroatoms. The average molecular weight is 266 g/mol. The normalized spacial score (nSPS) is 16.5. The third kappa shape index (κ3) is 2.20. The van der Waals surface area contributed by atoms with Gasteiger partial charge in [0.25, 0.3) is 0 Å². The summed E-state index contributed by atoms with van der Waals surface area (Å²) in [4.78, 5) is 35.2. The maximum absolute atomic E-state index is 12.1. The van der Waals surface area contributed by atoms with Gasteiger partial charge in [-0.25, -0.2) is 4.79 Å². The third-order valence-corrected chi connectivity index (χ3v) is 2.78. The van der Waals surface area contributed by atoms with E-state index in [0.717, 1.165) is 4.68 Å². The second kappa shape index (κ2) is 4.45. The van der Waals surface area contributed by atoms with Crippen LogP contribution in [0, 0.1) is 0 Å². The van der Waals surface area contributed by atoms with Crippen molar-refractivity contribution in [3.05, 3.63) is 21.9 Å². The molecule has 0 saturated carbocycles. The van der Waals surface area contributed by atoms with Gasteiger partial charge in [0, 0.05) is 11.8 Å².